The van der Waals surface area contributed by atoms with Gasteiger partial charge in [-0.05, 0) is 29.8 Å². The van der Waals surface area contributed by atoms with Crippen LogP contribution in [-0.2, 0) is 16.2 Å². The quantitative estimate of drug-likeness (QED) is 0.777. The lowest BCUT2D eigenvalue weighted by atomic mass is 10.2. The molecule has 1 aromatic carbocycles. The Morgan fingerprint density at radius 2 is 2.16 bits per heavy atom. The van der Waals surface area contributed by atoms with E-state index in [1.807, 2.05) is 24.3 Å². The number of rotatable bonds is 5. The standard InChI is InChI=1S/C14H13ClO3S/c1-17-14(16)13-6-5-12(18-13)9-19-8-10-3-2-4-11(15)7-10/h2-7H,8-9H2,1H3. The summed E-state index contributed by atoms with van der Waals surface area (Å²) in [5, 5.41) is 0.740. The monoisotopic (exact) mass is 296 g/mol. The molecule has 0 aliphatic carbocycles. The van der Waals surface area contributed by atoms with Crippen LogP contribution in [0.15, 0.2) is 40.8 Å². The van der Waals surface area contributed by atoms with Gasteiger partial charge in [-0.2, -0.15) is 0 Å². The number of furan rings is 1. The maximum absolute atomic E-state index is 11.2. The highest BCUT2D eigenvalue weighted by molar-refractivity contribution is 7.97. The predicted molar refractivity (Wildman–Crippen MR) is 76.5 cm³/mol. The van der Waals surface area contributed by atoms with E-state index in [9.17, 15) is 4.79 Å². The Hall–Kier alpha value is -1.39. The van der Waals surface area contributed by atoms with E-state index < -0.39 is 5.97 Å². The van der Waals surface area contributed by atoms with Crippen molar-refractivity contribution in [3.63, 3.8) is 0 Å². The fraction of sp³-hybridized carbons (Fsp3) is 0.214. The first kappa shape index (κ1) is 14.0. The van der Waals surface area contributed by atoms with Crippen molar-refractivity contribution >= 4 is 29.3 Å². The van der Waals surface area contributed by atoms with E-state index in [-0.39, 0.29) is 5.76 Å². The lowest BCUT2D eigenvalue weighted by molar-refractivity contribution is 0.0563. The fourth-order valence-electron chi connectivity index (χ4n) is 1.56. The van der Waals surface area contributed by atoms with Crippen molar-refractivity contribution in [2.24, 2.45) is 0 Å². The van der Waals surface area contributed by atoms with Gasteiger partial charge in [0, 0.05) is 10.8 Å². The van der Waals surface area contributed by atoms with E-state index in [2.05, 4.69) is 4.74 Å². The molecule has 5 heteroatoms. The predicted octanol–water partition coefficient (Wildman–Crippen LogP) is 4.15. The highest BCUT2D eigenvalue weighted by Gasteiger charge is 2.10. The average molecular weight is 297 g/mol. The van der Waals surface area contributed by atoms with Crippen molar-refractivity contribution in [1.82, 2.24) is 0 Å². The van der Waals surface area contributed by atoms with Gasteiger partial charge in [-0.15, -0.1) is 11.8 Å². The van der Waals surface area contributed by atoms with Gasteiger partial charge < -0.3 is 9.15 Å². The summed E-state index contributed by atoms with van der Waals surface area (Å²) in [6.45, 7) is 0. The molecule has 0 atom stereocenters. The Morgan fingerprint density at radius 3 is 2.89 bits per heavy atom. The molecule has 0 N–H and O–H groups in total. The molecule has 2 aromatic rings. The molecular formula is C14H13ClO3S. The highest BCUT2D eigenvalue weighted by atomic mass is 35.5. The summed E-state index contributed by atoms with van der Waals surface area (Å²) >= 11 is 7.61. The second kappa shape index (κ2) is 6.68. The van der Waals surface area contributed by atoms with Crippen molar-refractivity contribution in [2.75, 3.05) is 7.11 Å². The lowest BCUT2D eigenvalue weighted by Crippen LogP contribution is -1.98. The first-order chi connectivity index (χ1) is 9.19. The van der Waals surface area contributed by atoms with Crippen LogP contribution in [0.25, 0.3) is 0 Å². The molecule has 0 fully saturated rings. The maximum atomic E-state index is 11.2. The van der Waals surface area contributed by atoms with Crippen LogP contribution in [-0.4, -0.2) is 13.1 Å². The summed E-state index contributed by atoms with van der Waals surface area (Å²) in [7, 11) is 1.33. The molecule has 1 heterocycles. The molecule has 1 aromatic heterocycles. The molecule has 2 rings (SSSR count). The Balaban J connectivity index is 1.86. The van der Waals surface area contributed by atoms with E-state index in [1.165, 1.54) is 7.11 Å². The van der Waals surface area contributed by atoms with E-state index >= 15 is 0 Å². The highest BCUT2D eigenvalue weighted by Crippen LogP contribution is 2.21. The second-order valence-electron chi connectivity index (χ2n) is 3.88. The Morgan fingerprint density at radius 1 is 1.32 bits per heavy atom. The summed E-state index contributed by atoms with van der Waals surface area (Å²) in [5.74, 6) is 2.08. The van der Waals surface area contributed by atoms with E-state index in [0.29, 0.717) is 5.75 Å². The van der Waals surface area contributed by atoms with Gasteiger partial charge in [-0.3, -0.25) is 0 Å². The molecular weight excluding hydrogens is 284 g/mol. The zero-order valence-corrected chi connectivity index (χ0v) is 12.0. The topological polar surface area (TPSA) is 39.4 Å². The average Bonchev–Trinajstić information content (AvgIpc) is 2.87. The zero-order valence-electron chi connectivity index (χ0n) is 10.4. The Labute approximate surface area is 120 Å². The van der Waals surface area contributed by atoms with Gasteiger partial charge in [0.15, 0.2) is 0 Å². The maximum Gasteiger partial charge on any atom is 0.373 e. The minimum atomic E-state index is -0.453. The fourth-order valence-corrected chi connectivity index (χ4v) is 2.65. The minimum Gasteiger partial charge on any atom is -0.463 e. The molecule has 0 spiro atoms. The number of thioether (sulfide) groups is 1. The zero-order chi connectivity index (χ0) is 13.7. The molecule has 0 aliphatic heterocycles. The summed E-state index contributed by atoms with van der Waals surface area (Å²) in [5.41, 5.74) is 1.16. The SMILES string of the molecule is COC(=O)c1ccc(CSCc2cccc(Cl)c2)o1. The number of benzene rings is 1. The molecule has 0 aliphatic rings. The van der Waals surface area contributed by atoms with Gasteiger partial charge >= 0.3 is 5.97 Å². The Bertz CT molecular complexity index is 565. The number of hydrogen-bond donors (Lipinski definition) is 0. The summed E-state index contributed by atoms with van der Waals surface area (Å²) in [4.78, 5) is 11.2. The van der Waals surface area contributed by atoms with Crippen LogP contribution < -0.4 is 0 Å². The van der Waals surface area contributed by atoms with Crippen LogP contribution in [0.1, 0.15) is 21.9 Å². The van der Waals surface area contributed by atoms with E-state index in [1.54, 1.807) is 23.9 Å². The molecule has 0 radical (unpaired) electrons. The molecule has 0 amide bonds. The summed E-state index contributed by atoms with van der Waals surface area (Å²) in [6.07, 6.45) is 0. The normalized spacial score (nSPS) is 10.4. The van der Waals surface area contributed by atoms with Crippen LogP contribution in [0.4, 0.5) is 0 Å². The number of carbonyl (C=O) groups is 1. The van der Waals surface area contributed by atoms with Crippen molar-refractivity contribution < 1.29 is 13.9 Å². The van der Waals surface area contributed by atoms with Gasteiger partial charge in [-0.1, -0.05) is 23.7 Å². The molecule has 0 saturated carbocycles. The smallest absolute Gasteiger partial charge is 0.373 e. The van der Waals surface area contributed by atoms with Gasteiger partial charge in [0.2, 0.25) is 5.76 Å². The number of esters is 1. The first-order valence-electron chi connectivity index (χ1n) is 5.68. The largest absolute Gasteiger partial charge is 0.463 e. The third kappa shape index (κ3) is 4.04. The van der Waals surface area contributed by atoms with Crippen LogP contribution >= 0.6 is 23.4 Å². The number of halogens is 1. The Kier molecular flexibility index (Phi) is 4.93. The van der Waals surface area contributed by atoms with Crippen molar-refractivity contribution in [1.29, 1.82) is 0 Å². The van der Waals surface area contributed by atoms with Crippen LogP contribution in [0.5, 0.6) is 0 Å². The van der Waals surface area contributed by atoms with Crippen LogP contribution in [0.3, 0.4) is 0 Å². The van der Waals surface area contributed by atoms with Crippen LogP contribution in [0.2, 0.25) is 5.02 Å². The van der Waals surface area contributed by atoms with Gasteiger partial charge in [0.1, 0.15) is 5.76 Å². The van der Waals surface area contributed by atoms with E-state index in [4.69, 9.17) is 16.0 Å². The molecule has 100 valence electrons. The van der Waals surface area contributed by atoms with E-state index in [0.717, 1.165) is 22.1 Å². The third-order valence-corrected chi connectivity index (χ3v) is 3.71. The van der Waals surface area contributed by atoms with Gasteiger partial charge in [0.25, 0.3) is 0 Å². The first-order valence-corrected chi connectivity index (χ1v) is 7.21. The number of carbonyl (C=O) groups excluding carboxylic acids is 1. The number of methoxy groups -OCH3 is 1. The van der Waals surface area contributed by atoms with Gasteiger partial charge in [-0.25, -0.2) is 4.79 Å². The number of ether oxygens (including phenoxy) is 1. The molecule has 3 nitrogen and oxygen atoms in total. The molecule has 19 heavy (non-hydrogen) atoms. The molecule has 0 unspecified atom stereocenters. The molecule has 0 bridgehead atoms. The second-order valence-corrected chi connectivity index (χ2v) is 5.30. The molecule has 0 saturated heterocycles. The lowest BCUT2D eigenvalue weighted by Gasteiger charge is -2.01. The summed E-state index contributed by atoms with van der Waals surface area (Å²) < 4.78 is 9.96. The van der Waals surface area contributed by atoms with Crippen molar-refractivity contribution in [3.05, 3.63) is 58.5 Å². The minimum absolute atomic E-state index is 0.237. The van der Waals surface area contributed by atoms with Crippen molar-refractivity contribution in [2.45, 2.75) is 11.5 Å². The van der Waals surface area contributed by atoms with Gasteiger partial charge in [0.05, 0.1) is 12.9 Å². The van der Waals surface area contributed by atoms with Crippen LogP contribution in [0, 0.1) is 0 Å². The number of hydrogen-bond acceptors (Lipinski definition) is 4. The third-order valence-electron chi connectivity index (χ3n) is 2.45. The summed E-state index contributed by atoms with van der Waals surface area (Å²) in [6, 6.07) is 11.2. The van der Waals surface area contributed by atoms with Crippen molar-refractivity contribution in [3.8, 4) is 0 Å².